The molecule has 0 amide bonds. The van der Waals surface area contributed by atoms with Gasteiger partial charge in [-0.3, -0.25) is 4.99 Å². The lowest BCUT2D eigenvalue weighted by molar-refractivity contribution is 0.310. The highest BCUT2D eigenvalue weighted by molar-refractivity contribution is 5.61. The Labute approximate surface area is 31.2 Å². The van der Waals surface area contributed by atoms with Crippen LogP contribution in [-0.2, 0) is 0 Å². The van der Waals surface area contributed by atoms with Gasteiger partial charge in [-0.15, -0.1) is 0 Å². The zero-order valence-electron chi connectivity index (χ0n) is 2.89. The Morgan fingerprint density at radius 3 is 2.60 bits per heavy atom. The highest BCUT2D eigenvalue weighted by atomic mass is 16.3. The van der Waals surface area contributed by atoms with E-state index in [1.165, 1.54) is 6.21 Å². The lowest BCUT2D eigenvalue weighted by atomic mass is 10.9. The van der Waals surface area contributed by atoms with Crippen molar-refractivity contribution in [3.63, 3.8) is 0 Å². The van der Waals surface area contributed by atoms with Gasteiger partial charge < -0.3 is 5.11 Å². The predicted molar refractivity (Wildman–Crippen MR) is 20.9 cm³/mol. The van der Waals surface area contributed by atoms with Gasteiger partial charge >= 0.3 is 0 Å². The summed E-state index contributed by atoms with van der Waals surface area (Å²) in [7, 11) is 0. The Kier molecular flexibility index (Phi) is 3.36. The van der Waals surface area contributed by atoms with E-state index < -0.39 is 0 Å². The number of aliphatic imine (C=N–C) groups is 1. The molecule has 0 aliphatic carbocycles. The van der Waals surface area contributed by atoms with Gasteiger partial charge in [0.15, 0.2) is 0 Å². The van der Waals surface area contributed by atoms with E-state index in [4.69, 9.17) is 5.11 Å². The highest BCUT2D eigenvalue weighted by Crippen LogP contribution is 1.51. The molecule has 0 saturated heterocycles. The second-order valence-corrected chi connectivity index (χ2v) is 0.507. The molecule has 0 bridgehead atoms. The third-order valence-electron chi connectivity index (χ3n) is 0.211. The van der Waals surface area contributed by atoms with E-state index >= 15 is 0 Å². The normalized spacial score (nSPS) is 10.0. The van der Waals surface area contributed by atoms with Gasteiger partial charge in [0.25, 0.3) is 0 Å². The number of aliphatic hydroxyl groups excluding tert-OH is 1. The molecule has 29 valence electrons. The Hall–Kier alpha value is -0.370. The van der Waals surface area contributed by atoms with Crippen molar-refractivity contribution in [2.75, 3.05) is 6.73 Å². The van der Waals surface area contributed by atoms with Gasteiger partial charge in [0.05, 0.1) is 0 Å². The van der Waals surface area contributed by atoms with Crippen molar-refractivity contribution < 1.29 is 5.11 Å². The second-order valence-electron chi connectivity index (χ2n) is 0.507. The molecule has 0 spiro atoms. The van der Waals surface area contributed by atoms with Crippen LogP contribution in [0.4, 0.5) is 0 Å². The molecule has 0 aliphatic heterocycles. The van der Waals surface area contributed by atoms with Crippen LogP contribution < -0.4 is 0 Å². The number of nitrogens with zero attached hydrogens (tertiary/aromatic N) is 1. The first-order valence-electron chi connectivity index (χ1n) is 1.30. The van der Waals surface area contributed by atoms with Crippen molar-refractivity contribution in [2.45, 2.75) is 0 Å². The monoisotopic (exact) mass is 72.0 g/mol. The molecule has 0 rings (SSSR count). The Morgan fingerprint density at radius 2 is 2.60 bits per heavy atom. The number of hydrogen-bond donors (Lipinski definition) is 1. The maximum atomic E-state index is 7.83. The summed E-state index contributed by atoms with van der Waals surface area (Å²) < 4.78 is 0. The fourth-order valence-electron chi connectivity index (χ4n) is 0.0577. The van der Waals surface area contributed by atoms with Crippen LogP contribution in [0.1, 0.15) is 0 Å². The molecule has 0 fully saturated rings. The van der Waals surface area contributed by atoms with Gasteiger partial charge in [-0.25, -0.2) is 0 Å². The van der Waals surface area contributed by atoms with Crippen LogP contribution in [0.15, 0.2) is 4.99 Å². The van der Waals surface area contributed by atoms with Gasteiger partial charge in [0.1, 0.15) is 6.73 Å². The van der Waals surface area contributed by atoms with Crippen molar-refractivity contribution in [1.29, 1.82) is 0 Å². The molecule has 0 atom stereocenters. The summed E-state index contributed by atoms with van der Waals surface area (Å²) in [6.45, 7) is 3.07. The first kappa shape index (κ1) is 4.63. The molecule has 5 heavy (non-hydrogen) atoms. The summed E-state index contributed by atoms with van der Waals surface area (Å²) in [6.07, 6.45) is 1.31. The van der Waals surface area contributed by atoms with Crippen molar-refractivity contribution in [3.05, 3.63) is 6.92 Å². The molecule has 0 unspecified atom stereocenters. The van der Waals surface area contributed by atoms with E-state index in [1.54, 1.807) is 0 Å². The van der Waals surface area contributed by atoms with Gasteiger partial charge in [-0.1, -0.05) is 0 Å². The number of rotatable bonds is 1. The topological polar surface area (TPSA) is 32.6 Å². The Bertz CT molecular complexity index is 33.9. The third-order valence-corrected chi connectivity index (χ3v) is 0.211. The molecule has 1 N–H and O–H groups in total. The average Bonchev–Trinajstić information content (AvgIpc) is 1.41. The average molecular weight is 72.1 g/mol. The number of hydrogen-bond acceptors (Lipinski definition) is 2. The fraction of sp³-hybridized carbons (Fsp3) is 0.333. The molecule has 0 aliphatic rings. The van der Waals surface area contributed by atoms with E-state index in [0.29, 0.717) is 0 Å². The molecule has 0 saturated carbocycles. The van der Waals surface area contributed by atoms with Crippen molar-refractivity contribution in [2.24, 2.45) is 4.99 Å². The molecular weight excluding hydrogens is 66.0 g/mol. The lowest BCUT2D eigenvalue weighted by Gasteiger charge is -1.68. The van der Waals surface area contributed by atoms with Crippen molar-refractivity contribution in [3.8, 4) is 0 Å². The summed E-state index contributed by atoms with van der Waals surface area (Å²) >= 11 is 0. The molecule has 0 aromatic heterocycles. The van der Waals surface area contributed by atoms with E-state index in [2.05, 4.69) is 11.9 Å². The van der Waals surface area contributed by atoms with Gasteiger partial charge in [0, 0.05) is 6.21 Å². The van der Waals surface area contributed by atoms with Crippen molar-refractivity contribution >= 4 is 6.21 Å². The maximum Gasteiger partial charge on any atom is 0.133 e. The van der Waals surface area contributed by atoms with E-state index in [9.17, 15) is 0 Å². The first-order valence-corrected chi connectivity index (χ1v) is 1.30. The minimum atomic E-state index is -0.149. The maximum absolute atomic E-state index is 7.83. The highest BCUT2D eigenvalue weighted by Gasteiger charge is 1.51. The van der Waals surface area contributed by atoms with Crippen LogP contribution in [0.5, 0.6) is 0 Å². The molecular formula is C3H6NO. The van der Waals surface area contributed by atoms with E-state index in [-0.39, 0.29) is 6.73 Å². The minimum absolute atomic E-state index is 0.149. The second kappa shape index (κ2) is 3.63. The summed E-state index contributed by atoms with van der Waals surface area (Å²) in [5.74, 6) is 0. The predicted octanol–water partition coefficient (Wildman–Crippen LogP) is -0.159. The zero-order valence-corrected chi connectivity index (χ0v) is 2.89. The quantitative estimate of drug-likeness (QED) is 0.429. The first-order chi connectivity index (χ1) is 2.41. The minimum Gasteiger partial charge on any atom is -0.375 e. The summed E-state index contributed by atoms with van der Waals surface area (Å²) in [5.41, 5.74) is 0. The van der Waals surface area contributed by atoms with E-state index in [1.807, 2.05) is 0 Å². The molecule has 2 heteroatoms. The van der Waals surface area contributed by atoms with Gasteiger partial charge in [-0.05, 0) is 6.92 Å². The molecule has 2 nitrogen and oxygen atoms in total. The van der Waals surface area contributed by atoms with Crippen LogP contribution in [0.3, 0.4) is 0 Å². The lowest BCUT2D eigenvalue weighted by Crippen LogP contribution is -1.69. The zero-order chi connectivity index (χ0) is 4.12. The Morgan fingerprint density at radius 1 is 2.00 bits per heavy atom. The standard InChI is InChI=1S/C3H6NO/c1-2-4-3-5/h2,5H,1,3H2/b4-2+. The molecule has 0 aromatic rings. The van der Waals surface area contributed by atoms with E-state index in [0.717, 1.165) is 0 Å². The Balaban J connectivity index is 2.62. The summed E-state index contributed by atoms with van der Waals surface area (Å²) in [4.78, 5) is 3.29. The third kappa shape index (κ3) is 3.63. The van der Waals surface area contributed by atoms with Crippen LogP contribution in [0.25, 0.3) is 0 Å². The van der Waals surface area contributed by atoms with Crippen molar-refractivity contribution in [1.82, 2.24) is 0 Å². The summed E-state index contributed by atoms with van der Waals surface area (Å²) in [6, 6.07) is 0. The van der Waals surface area contributed by atoms with Crippen LogP contribution in [0.2, 0.25) is 0 Å². The molecule has 0 heterocycles. The SMILES string of the molecule is [CH2]/C=N/CO. The van der Waals surface area contributed by atoms with Gasteiger partial charge in [-0.2, -0.15) is 0 Å². The van der Waals surface area contributed by atoms with Crippen LogP contribution in [-0.4, -0.2) is 18.1 Å². The smallest absolute Gasteiger partial charge is 0.133 e. The fourth-order valence-corrected chi connectivity index (χ4v) is 0.0577. The summed E-state index contributed by atoms with van der Waals surface area (Å²) in [5, 5.41) is 7.83. The van der Waals surface area contributed by atoms with Crippen LogP contribution in [0, 0.1) is 6.92 Å². The van der Waals surface area contributed by atoms with Gasteiger partial charge in [0.2, 0.25) is 0 Å². The van der Waals surface area contributed by atoms with Crippen LogP contribution >= 0.6 is 0 Å². The molecule has 1 radical (unpaired) electrons. The largest absolute Gasteiger partial charge is 0.375 e. The molecule has 0 aromatic carbocycles. The number of aliphatic hydroxyl groups is 1.